The molecule has 0 aliphatic carbocycles. The summed E-state index contributed by atoms with van der Waals surface area (Å²) in [5, 5.41) is 17.7. The summed E-state index contributed by atoms with van der Waals surface area (Å²) >= 11 is 0. The molecule has 3 aromatic rings. The Balaban J connectivity index is 1.78. The van der Waals surface area contributed by atoms with Crippen molar-refractivity contribution in [3.63, 3.8) is 0 Å². The predicted molar refractivity (Wildman–Crippen MR) is 146 cm³/mol. The first-order valence-corrected chi connectivity index (χ1v) is 13.0. The molecular formula is C27H36N8O5. The molecule has 0 aliphatic rings. The number of carboxylic acid groups (broad SMARTS) is 1. The van der Waals surface area contributed by atoms with Gasteiger partial charge in [-0.2, -0.15) is 0 Å². The summed E-state index contributed by atoms with van der Waals surface area (Å²) in [5.74, 6) is -2.89. The largest absolute Gasteiger partial charge is 0.480 e. The molecule has 2 aromatic heterocycles. The van der Waals surface area contributed by atoms with E-state index in [9.17, 15) is 24.3 Å². The monoisotopic (exact) mass is 552 g/mol. The fourth-order valence-electron chi connectivity index (χ4n) is 4.14. The first-order chi connectivity index (χ1) is 19.1. The van der Waals surface area contributed by atoms with E-state index in [1.165, 1.54) is 25.0 Å². The summed E-state index contributed by atoms with van der Waals surface area (Å²) < 4.78 is 0. The maximum absolute atomic E-state index is 13.5. The minimum atomic E-state index is -1.23. The highest BCUT2D eigenvalue weighted by atomic mass is 16.4. The summed E-state index contributed by atoms with van der Waals surface area (Å²) in [7, 11) is 0. The molecular weight excluding hydrogens is 516 g/mol. The molecule has 0 radical (unpaired) electrons. The van der Waals surface area contributed by atoms with Crippen LogP contribution < -0.4 is 21.7 Å². The Morgan fingerprint density at radius 1 is 0.800 bits per heavy atom. The van der Waals surface area contributed by atoms with Gasteiger partial charge in [-0.15, -0.1) is 0 Å². The van der Waals surface area contributed by atoms with Gasteiger partial charge in [-0.1, -0.05) is 44.2 Å². The van der Waals surface area contributed by atoms with Crippen LogP contribution in [0.25, 0.3) is 0 Å². The zero-order chi connectivity index (χ0) is 29.1. The lowest BCUT2D eigenvalue weighted by molar-refractivity contribution is -0.142. The van der Waals surface area contributed by atoms with Crippen molar-refractivity contribution >= 4 is 23.7 Å². The number of hydrogen-bond donors (Lipinski definition) is 7. The molecule has 0 aliphatic heterocycles. The molecule has 3 amide bonds. The standard InChI is InChI=1S/C27H36N8O5/c1-16(2)8-20(28)24(36)33-21(10-18-12-29-14-31-18)25(37)34-22(11-19-13-30-15-32-19)26(38)35-23(27(39)40)9-17-6-4-3-5-7-17/h3-7,12-16,20-23H,8-11,28H2,1-2H3,(H,29,31)(H,30,32)(H,33,36)(H,34,37)(H,35,38)(H,39,40). The molecule has 214 valence electrons. The summed E-state index contributed by atoms with van der Waals surface area (Å²) in [4.78, 5) is 65.3. The first-order valence-electron chi connectivity index (χ1n) is 13.0. The third-order valence-corrected chi connectivity index (χ3v) is 6.18. The van der Waals surface area contributed by atoms with Gasteiger partial charge in [-0.05, 0) is 17.9 Å². The summed E-state index contributed by atoms with van der Waals surface area (Å²) in [6.07, 6.45) is 6.45. The van der Waals surface area contributed by atoms with Gasteiger partial charge in [0.15, 0.2) is 0 Å². The van der Waals surface area contributed by atoms with Crippen molar-refractivity contribution < 1.29 is 24.3 Å². The van der Waals surface area contributed by atoms with E-state index in [0.29, 0.717) is 17.8 Å². The molecule has 1 aromatic carbocycles. The maximum atomic E-state index is 13.5. The zero-order valence-corrected chi connectivity index (χ0v) is 22.5. The lowest BCUT2D eigenvalue weighted by Gasteiger charge is -2.25. The van der Waals surface area contributed by atoms with Crippen LogP contribution in [0.5, 0.6) is 0 Å². The van der Waals surface area contributed by atoms with Crippen molar-refractivity contribution in [3.8, 4) is 0 Å². The smallest absolute Gasteiger partial charge is 0.326 e. The van der Waals surface area contributed by atoms with Gasteiger partial charge >= 0.3 is 5.97 Å². The number of carbonyl (C=O) groups is 4. The Bertz CT molecular complexity index is 1230. The average molecular weight is 553 g/mol. The molecule has 2 heterocycles. The fraction of sp³-hybridized carbons (Fsp3) is 0.407. The SMILES string of the molecule is CC(C)CC(N)C(=O)NC(Cc1cnc[nH]1)C(=O)NC(Cc1cnc[nH]1)C(=O)NC(Cc1ccccc1)C(=O)O. The van der Waals surface area contributed by atoms with E-state index in [-0.39, 0.29) is 25.2 Å². The second kappa shape index (κ2) is 14.6. The number of carboxylic acids is 1. The van der Waals surface area contributed by atoms with E-state index < -0.39 is 47.9 Å². The van der Waals surface area contributed by atoms with Crippen LogP contribution in [0.1, 0.15) is 37.2 Å². The number of aromatic amines is 2. The van der Waals surface area contributed by atoms with Crippen LogP contribution in [0.2, 0.25) is 0 Å². The van der Waals surface area contributed by atoms with Crippen molar-refractivity contribution in [3.05, 3.63) is 72.3 Å². The first kappa shape index (κ1) is 30.0. The number of nitrogens with two attached hydrogens (primary N) is 1. The molecule has 13 nitrogen and oxygen atoms in total. The number of hydrogen-bond acceptors (Lipinski definition) is 7. The molecule has 40 heavy (non-hydrogen) atoms. The van der Waals surface area contributed by atoms with Crippen molar-refractivity contribution in [2.45, 2.75) is 63.7 Å². The quantitative estimate of drug-likeness (QED) is 0.137. The van der Waals surface area contributed by atoms with E-state index in [1.807, 2.05) is 19.9 Å². The third-order valence-electron chi connectivity index (χ3n) is 6.18. The predicted octanol–water partition coefficient (Wildman–Crippen LogP) is 0.0731. The highest BCUT2D eigenvalue weighted by Gasteiger charge is 2.31. The zero-order valence-electron chi connectivity index (χ0n) is 22.5. The Morgan fingerprint density at radius 2 is 1.30 bits per heavy atom. The Kier molecular flexibility index (Phi) is 10.9. The highest BCUT2D eigenvalue weighted by molar-refractivity contribution is 5.94. The highest BCUT2D eigenvalue weighted by Crippen LogP contribution is 2.08. The number of benzene rings is 1. The Labute approximate surface area is 231 Å². The number of H-pyrrole nitrogens is 2. The van der Waals surface area contributed by atoms with Crippen LogP contribution in [-0.4, -0.2) is 72.9 Å². The molecule has 13 heteroatoms. The molecule has 4 unspecified atom stereocenters. The van der Waals surface area contributed by atoms with Crippen LogP contribution >= 0.6 is 0 Å². The van der Waals surface area contributed by atoms with E-state index in [1.54, 1.807) is 24.3 Å². The van der Waals surface area contributed by atoms with E-state index in [0.717, 1.165) is 5.56 Å². The van der Waals surface area contributed by atoms with E-state index in [2.05, 4.69) is 35.9 Å². The fourth-order valence-corrected chi connectivity index (χ4v) is 4.14. The topological polar surface area (TPSA) is 208 Å². The molecule has 0 saturated carbocycles. The second-order valence-corrected chi connectivity index (χ2v) is 10.0. The molecule has 0 saturated heterocycles. The van der Waals surface area contributed by atoms with Crippen LogP contribution in [0.4, 0.5) is 0 Å². The lowest BCUT2D eigenvalue weighted by Crippen LogP contribution is -2.58. The number of rotatable bonds is 15. The number of amides is 3. The maximum Gasteiger partial charge on any atom is 0.326 e. The van der Waals surface area contributed by atoms with Crippen LogP contribution in [0, 0.1) is 5.92 Å². The number of nitrogens with zero attached hydrogens (tertiary/aromatic N) is 2. The van der Waals surface area contributed by atoms with Gasteiger partial charge in [-0.3, -0.25) is 14.4 Å². The van der Waals surface area contributed by atoms with Crippen molar-refractivity contribution in [2.24, 2.45) is 11.7 Å². The number of aliphatic carboxylic acids is 1. The van der Waals surface area contributed by atoms with Gasteiger partial charge in [0, 0.05) is 43.0 Å². The molecule has 0 fully saturated rings. The molecule has 0 spiro atoms. The van der Waals surface area contributed by atoms with Gasteiger partial charge in [0.05, 0.1) is 18.7 Å². The molecule has 0 bridgehead atoms. The molecule has 8 N–H and O–H groups in total. The minimum Gasteiger partial charge on any atom is -0.480 e. The second-order valence-electron chi connectivity index (χ2n) is 10.0. The molecule has 4 atom stereocenters. The Morgan fingerprint density at radius 3 is 1.75 bits per heavy atom. The number of aromatic nitrogens is 4. The summed E-state index contributed by atoms with van der Waals surface area (Å²) in [5.41, 5.74) is 7.89. The number of imidazole rings is 2. The Hall–Kier alpha value is -4.52. The van der Waals surface area contributed by atoms with Crippen molar-refractivity contribution in [1.82, 2.24) is 35.9 Å². The van der Waals surface area contributed by atoms with E-state index in [4.69, 9.17) is 5.73 Å². The van der Waals surface area contributed by atoms with Gasteiger partial charge in [-0.25, -0.2) is 14.8 Å². The van der Waals surface area contributed by atoms with Crippen molar-refractivity contribution in [2.75, 3.05) is 0 Å². The van der Waals surface area contributed by atoms with Gasteiger partial charge < -0.3 is 36.8 Å². The van der Waals surface area contributed by atoms with Crippen LogP contribution in [0.3, 0.4) is 0 Å². The number of nitrogens with one attached hydrogen (secondary N) is 5. The molecule has 3 rings (SSSR count). The average Bonchev–Trinajstić information content (AvgIpc) is 3.62. The third kappa shape index (κ3) is 9.34. The van der Waals surface area contributed by atoms with Crippen molar-refractivity contribution in [1.29, 1.82) is 0 Å². The van der Waals surface area contributed by atoms with E-state index >= 15 is 0 Å². The van der Waals surface area contributed by atoms with Gasteiger partial charge in [0.1, 0.15) is 18.1 Å². The van der Waals surface area contributed by atoms with Gasteiger partial charge in [0.2, 0.25) is 17.7 Å². The minimum absolute atomic E-state index is 0.00678. The lowest BCUT2D eigenvalue weighted by atomic mass is 10.0. The van der Waals surface area contributed by atoms with Crippen LogP contribution in [0.15, 0.2) is 55.4 Å². The summed E-state index contributed by atoms with van der Waals surface area (Å²) in [6.45, 7) is 3.87. The number of carbonyl (C=O) groups excluding carboxylic acids is 3. The normalized spacial score (nSPS) is 14.1. The summed E-state index contributed by atoms with van der Waals surface area (Å²) in [6, 6.07) is 4.58. The van der Waals surface area contributed by atoms with Gasteiger partial charge in [0.25, 0.3) is 0 Å². The van der Waals surface area contributed by atoms with Crippen LogP contribution in [-0.2, 0) is 38.4 Å².